The molecule has 0 bridgehead atoms. The maximum Gasteiger partial charge on any atom is 0.316 e. The van der Waals surface area contributed by atoms with Gasteiger partial charge in [0.1, 0.15) is 16.9 Å². The van der Waals surface area contributed by atoms with E-state index < -0.39 is 0 Å². The van der Waals surface area contributed by atoms with E-state index in [-0.39, 0.29) is 11.4 Å². The maximum absolute atomic E-state index is 5.83. The summed E-state index contributed by atoms with van der Waals surface area (Å²) in [6.45, 7) is 5.63. The van der Waals surface area contributed by atoms with Gasteiger partial charge in [-0.1, -0.05) is 5.10 Å². The molecule has 5 nitrogen and oxygen atoms in total. The van der Waals surface area contributed by atoms with Gasteiger partial charge in [0.05, 0.1) is 6.04 Å². The molecule has 17 heavy (non-hydrogen) atoms. The highest BCUT2D eigenvalue weighted by molar-refractivity contribution is 6.20. The molecule has 0 aliphatic carbocycles. The molecule has 92 valence electrons. The van der Waals surface area contributed by atoms with Crippen molar-refractivity contribution in [3.8, 4) is 0 Å². The minimum Gasteiger partial charge on any atom is -0.464 e. The van der Waals surface area contributed by atoms with Gasteiger partial charge in [0.25, 0.3) is 0 Å². The lowest BCUT2D eigenvalue weighted by Crippen LogP contribution is -2.05. The quantitative estimate of drug-likeness (QED) is 0.848. The summed E-state index contributed by atoms with van der Waals surface area (Å²) in [7, 11) is 0. The van der Waals surface area contributed by atoms with Crippen molar-refractivity contribution in [2.75, 3.05) is 5.32 Å². The fourth-order valence-corrected chi connectivity index (χ4v) is 1.48. The number of furan rings is 1. The predicted octanol–water partition coefficient (Wildman–Crippen LogP) is 3.44. The molecule has 2 heterocycles. The number of halogens is 1. The van der Waals surface area contributed by atoms with E-state index >= 15 is 0 Å². The second-order valence-corrected chi connectivity index (χ2v) is 4.53. The number of hydrogen-bond acceptors (Lipinski definition) is 5. The number of aromatic nitrogens is 2. The second kappa shape index (κ2) is 4.79. The Morgan fingerprint density at radius 1 is 1.24 bits per heavy atom. The minimum absolute atomic E-state index is 0.0392. The fraction of sp³-hybridized carbons (Fsp3) is 0.455. The zero-order valence-corrected chi connectivity index (χ0v) is 10.7. The molecule has 0 saturated carbocycles. The summed E-state index contributed by atoms with van der Waals surface area (Å²) in [5.74, 6) is 2.09. The first-order chi connectivity index (χ1) is 8.06. The van der Waals surface area contributed by atoms with Crippen molar-refractivity contribution in [2.45, 2.75) is 32.2 Å². The third-order valence-corrected chi connectivity index (χ3v) is 2.50. The number of anilines is 1. The highest BCUT2D eigenvalue weighted by Crippen LogP contribution is 2.23. The van der Waals surface area contributed by atoms with Crippen molar-refractivity contribution < 1.29 is 8.83 Å². The zero-order valence-electron chi connectivity index (χ0n) is 9.90. The SMILES string of the molecule is Cc1ccc(C(C)Nc2nnc(C(C)Cl)o2)o1. The predicted molar refractivity (Wildman–Crippen MR) is 64.0 cm³/mol. The van der Waals surface area contributed by atoms with E-state index in [9.17, 15) is 0 Å². The molecule has 1 N–H and O–H groups in total. The van der Waals surface area contributed by atoms with Crippen LogP contribution in [0, 0.1) is 6.92 Å². The molecule has 2 atom stereocenters. The van der Waals surface area contributed by atoms with Gasteiger partial charge in [-0.25, -0.2) is 0 Å². The summed E-state index contributed by atoms with van der Waals surface area (Å²) >= 11 is 5.83. The zero-order chi connectivity index (χ0) is 12.4. The van der Waals surface area contributed by atoms with Gasteiger partial charge in [-0.05, 0) is 32.9 Å². The number of alkyl halides is 1. The summed E-state index contributed by atoms with van der Waals surface area (Å²) in [5.41, 5.74) is 0. The van der Waals surface area contributed by atoms with E-state index in [1.165, 1.54) is 0 Å². The van der Waals surface area contributed by atoms with Gasteiger partial charge >= 0.3 is 6.01 Å². The number of nitrogens with zero attached hydrogens (tertiary/aromatic N) is 2. The molecule has 0 fully saturated rings. The Labute approximate surface area is 104 Å². The van der Waals surface area contributed by atoms with Crippen LogP contribution >= 0.6 is 11.6 Å². The van der Waals surface area contributed by atoms with Crippen molar-refractivity contribution >= 4 is 17.6 Å². The van der Waals surface area contributed by atoms with Crippen molar-refractivity contribution in [1.82, 2.24) is 10.2 Å². The lowest BCUT2D eigenvalue weighted by Gasteiger charge is -2.08. The van der Waals surface area contributed by atoms with Gasteiger partial charge in [0.2, 0.25) is 5.89 Å². The molecule has 6 heteroatoms. The normalized spacial score (nSPS) is 14.6. The molecule has 0 aliphatic heterocycles. The van der Waals surface area contributed by atoms with Gasteiger partial charge in [0, 0.05) is 0 Å². The first-order valence-corrected chi connectivity index (χ1v) is 5.80. The average Bonchev–Trinajstić information content (AvgIpc) is 2.86. The van der Waals surface area contributed by atoms with Crippen LogP contribution in [0.15, 0.2) is 21.0 Å². The van der Waals surface area contributed by atoms with Crippen molar-refractivity contribution in [3.63, 3.8) is 0 Å². The van der Waals surface area contributed by atoms with Crippen LogP contribution in [0.3, 0.4) is 0 Å². The van der Waals surface area contributed by atoms with Crippen LogP contribution < -0.4 is 5.32 Å². The highest BCUT2D eigenvalue weighted by Gasteiger charge is 2.15. The molecule has 0 aliphatic rings. The Morgan fingerprint density at radius 2 is 2.00 bits per heavy atom. The van der Waals surface area contributed by atoms with E-state index in [4.69, 9.17) is 20.4 Å². The van der Waals surface area contributed by atoms with E-state index in [1.54, 1.807) is 6.92 Å². The first kappa shape index (κ1) is 12.0. The number of nitrogens with one attached hydrogen (secondary N) is 1. The highest BCUT2D eigenvalue weighted by atomic mass is 35.5. The Morgan fingerprint density at radius 3 is 2.53 bits per heavy atom. The summed E-state index contributed by atoms with van der Waals surface area (Å²) in [5, 5.41) is 10.4. The third kappa shape index (κ3) is 2.79. The minimum atomic E-state index is -0.292. The standard InChI is InChI=1S/C11H14ClN3O2/c1-6-4-5-9(16-6)8(3)13-11-15-14-10(17-11)7(2)12/h4-5,7-8H,1-3H3,(H,13,15). The van der Waals surface area contributed by atoms with Crippen molar-refractivity contribution in [3.05, 3.63) is 29.5 Å². The van der Waals surface area contributed by atoms with E-state index in [0.29, 0.717) is 11.9 Å². The van der Waals surface area contributed by atoms with E-state index in [1.807, 2.05) is 26.0 Å². The average molecular weight is 256 g/mol. The third-order valence-electron chi connectivity index (χ3n) is 2.31. The van der Waals surface area contributed by atoms with Crippen LogP contribution in [0.4, 0.5) is 6.01 Å². The fourth-order valence-electron chi connectivity index (χ4n) is 1.40. The van der Waals surface area contributed by atoms with Crippen LogP contribution in [-0.2, 0) is 0 Å². The molecule has 0 saturated heterocycles. The van der Waals surface area contributed by atoms with Crippen molar-refractivity contribution in [1.29, 1.82) is 0 Å². The number of aryl methyl sites for hydroxylation is 1. The first-order valence-electron chi connectivity index (χ1n) is 5.36. The molecule has 2 rings (SSSR count). The molecule has 0 aromatic carbocycles. The van der Waals surface area contributed by atoms with Crippen molar-refractivity contribution in [2.24, 2.45) is 0 Å². The monoisotopic (exact) mass is 255 g/mol. The van der Waals surface area contributed by atoms with E-state index in [2.05, 4.69) is 15.5 Å². The lowest BCUT2D eigenvalue weighted by atomic mass is 10.2. The van der Waals surface area contributed by atoms with Gasteiger partial charge in [-0.2, -0.15) is 0 Å². The van der Waals surface area contributed by atoms with E-state index in [0.717, 1.165) is 11.5 Å². The van der Waals surface area contributed by atoms with Crippen LogP contribution in [0.2, 0.25) is 0 Å². The molecule has 0 spiro atoms. The topological polar surface area (TPSA) is 64.1 Å². The molecule has 2 aromatic heterocycles. The number of hydrogen-bond donors (Lipinski definition) is 1. The molecule has 2 aromatic rings. The summed E-state index contributed by atoms with van der Waals surface area (Å²) < 4.78 is 10.8. The molecule has 0 radical (unpaired) electrons. The van der Waals surface area contributed by atoms with Crippen LogP contribution in [0.1, 0.15) is 42.7 Å². The smallest absolute Gasteiger partial charge is 0.316 e. The van der Waals surface area contributed by atoms with Crippen LogP contribution in [0.5, 0.6) is 0 Å². The number of rotatable bonds is 4. The van der Waals surface area contributed by atoms with Crippen LogP contribution in [0.25, 0.3) is 0 Å². The Kier molecular flexibility index (Phi) is 3.38. The largest absolute Gasteiger partial charge is 0.464 e. The maximum atomic E-state index is 5.83. The summed E-state index contributed by atoms with van der Waals surface area (Å²) in [6, 6.07) is 4.12. The Balaban J connectivity index is 2.05. The van der Waals surface area contributed by atoms with Gasteiger partial charge in [-0.3, -0.25) is 0 Å². The molecule has 2 unspecified atom stereocenters. The lowest BCUT2D eigenvalue weighted by molar-refractivity contribution is 0.454. The molecule has 0 amide bonds. The second-order valence-electron chi connectivity index (χ2n) is 3.88. The molecular formula is C11H14ClN3O2. The molecular weight excluding hydrogens is 242 g/mol. The van der Waals surface area contributed by atoms with Gasteiger partial charge < -0.3 is 14.2 Å². The summed E-state index contributed by atoms with van der Waals surface area (Å²) in [6.07, 6.45) is 0. The Bertz CT molecular complexity index is 492. The summed E-state index contributed by atoms with van der Waals surface area (Å²) in [4.78, 5) is 0. The van der Waals surface area contributed by atoms with Gasteiger partial charge in [-0.15, -0.1) is 16.7 Å². The van der Waals surface area contributed by atoms with Gasteiger partial charge in [0.15, 0.2) is 0 Å². The van der Waals surface area contributed by atoms with Crippen LogP contribution in [-0.4, -0.2) is 10.2 Å². The Hall–Kier alpha value is -1.49.